The second-order valence-electron chi connectivity index (χ2n) is 6.82. The van der Waals surface area contributed by atoms with Gasteiger partial charge in [-0.3, -0.25) is 9.69 Å². The number of hydrogen-bond donors (Lipinski definition) is 1. The highest BCUT2D eigenvalue weighted by molar-refractivity contribution is 5.94. The number of hydrogen-bond acceptors (Lipinski definition) is 3. The van der Waals surface area contributed by atoms with Gasteiger partial charge in [-0.1, -0.05) is 6.07 Å². The van der Waals surface area contributed by atoms with Gasteiger partial charge in [0, 0.05) is 25.2 Å². The number of halogens is 2. The lowest BCUT2D eigenvalue weighted by molar-refractivity contribution is -0.0581. The molecule has 23 heavy (non-hydrogen) atoms. The minimum atomic E-state index is -1.09. The first-order valence-electron chi connectivity index (χ1n) is 8.22. The van der Waals surface area contributed by atoms with Crippen LogP contribution >= 0.6 is 0 Å². The standard InChI is InChI=1S/C17H20F2N2O2/c18-14-3-1-2-13(16(14)19)17(22)20-11-6-12-9-23-15(10-4-5-10)8-21(12)7-11/h1-3,10-12,15H,4-9H2,(H,20,22)/t11-,12-,15+/m0/s1. The van der Waals surface area contributed by atoms with Gasteiger partial charge >= 0.3 is 0 Å². The largest absolute Gasteiger partial charge is 0.375 e. The summed E-state index contributed by atoms with van der Waals surface area (Å²) in [5, 5.41) is 2.84. The maximum atomic E-state index is 13.7. The van der Waals surface area contributed by atoms with E-state index in [-0.39, 0.29) is 11.6 Å². The van der Waals surface area contributed by atoms with Crippen LogP contribution in [0.1, 0.15) is 29.6 Å². The SMILES string of the molecule is O=C(N[C@H]1C[C@H]2CO[C@@H](C3CC3)CN2C1)c1cccc(F)c1F. The molecule has 1 aliphatic carbocycles. The summed E-state index contributed by atoms with van der Waals surface area (Å²) in [5.41, 5.74) is -0.234. The number of carbonyl (C=O) groups excluding carboxylic acids is 1. The van der Waals surface area contributed by atoms with Gasteiger partial charge in [0.25, 0.3) is 5.91 Å². The molecule has 0 aromatic heterocycles. The topological polar surface area (TPSA) is 41.6 Å². The second kappa shape index (κ2) is 5.83. The number of nitrogens with one attached hydrogen (secondary N) is 1. The molecule has 4 nitrogen and oxygen atoms in total. The maximum absolute atomic E-state index is 13.7. The molecule has 0 bridgehead atoms. The lowest BCUT2D eigenvalue weighted by Gasteiger charge is -2.35. The molecule has 2 saturated heterocycles. The Morgan fingerprint density at radius 2 is 2.09 bits per heavy atom. The molecular formula is C17H20F2N2O2. The number of nitrogens with zero attached hydrogens (tertiary/aromatic N) is 1. The summed E-state index contributed by atoms with van der Waals surface area (Å²) in [6.07, 6.45) is 3.62. The van der Waals surface area contributed by atoms with Crippen molar-refractivity contribution in [2.24, 2.45) is 5.92 Å². The van der Waals surface area contributed by atoms with Crippen molar-refractivity contribution in [3.05, 3.63) is 35.4 Å². The van der Waals surface area contributed by atoms with Gasteiger partial charge in [-0.2, -0.15) is 0 Å². The van der Waals surface area contributed by atoms with E-state index in [1.54, 1.807) is 0 Å². The quantitative estimate of drug-likeness (QED) is 0.925. The average Bonchev–Trinajstić information content (AvgIpc) is 3.30. The first-order valence-corrected chi connectivity index (χ1v) is 8.22. The van der Waals surface area contributed by atoms with Gasteiger partial charge < -0.3 is 10.1 Å². The van der Waals surface area contributed by atoms with Crippen molar-refractivity contribution >= 4 is 5.91 Å². The molecule has 3 fully saturated rings. The fourth-order valence-corrected chi connectivity index (χ4v) is 3.70. The molecule has 4 rings (SSSR count). The lowest BCUT2D eigenvalue weighted by atomic mass is 10.1. The van der Waals surface area contributed by atoms with Crippen molar-refractivity contribution in [3.63, 3.8) is 0 Å². The molecular weight excluding hydrogens is 302 g/mol. The van der Waals surface area contributed by atoms with E-state index in [0.717, 1.165) is 25.6 Å². The van der Waals surface area contributed by atoms with E-state index in [9.17, 15) is 13.6 Å². The number of amides is 1. The van der Waals surface area contributed by atoms with Gasteiger partial charge in [0.05, 0.1) is 18.3 Å². The Balaban J connectivity index is 1.38. The summed E-state index contributed by atoms with van der Waals surface area (Å²) in [6.45, 7) is 2.36. The molecule has 0 spiro atoms. The van der Waals surface area contributed by atoms with Crippen molar-refractivity contribution in [1.29, 1.82) is 0 Å². The molecule has 1 aromatic rings. The van der Waals surface area contributed by atoms with Crippen LogP contribution in [-0.2, 0) is 4.74 Å². The molecule has 2 aliphatic heterocycles. The average molecular weight is 322 g/mol. The minimum absolute atomic E-state index is 0.0447. The highest BCUT2D eigenvalue weighted by atomic mass is 19.2. The fraction of sp³-hybridized carbons (Fsp3) is 0.588. The summed E-state index contributed by atoms with van der Waals surface area (Å²) < 4.78 is 32.9. The van der Waals surface area contributed by atoms with Crippen LogP contribution in [-0.4, -0.2) is 48.7 Å². The van der Waals surface area contributed by atoms with Gasteiger partial charge in [0.2, 0.25) is 0 Å². The number of rotatable bonds is 3. The zero-order chi connectivity index (χ0) is 16.0. The molecule has 0 unspecified atom stereocenters. The molecule has 3 aliphatic rings. The maximum Gasteiger partial charge on any atom is 0.254 e. The summed E-state index contributed by atoms with van der Waals surface area (Å²) >= 11 is 0. The van der Waals surface area contributed by atoms with Crippen LogP contribution in [0.15, 0.2) is 18.2 Å². The van der Waals surface area contributed by atoms with Crippen LogP contribution in [0, 0.1) is 17.6 Å². The van der Waals surface area contributed by atoms with Crippen LogP contribution in [0.2, 0.25) is 0 Å². The normalized spacial score (nSPS) is 31.0. The molecule has 1 N–H and O–H groups in total. The Hall–Kier alpha value is -1.53. The first kappa shape index (κ1) is 15.0. The van der Waals surface area contributed by atoms with Crippen LogP contribution in [0.5, 0.6) is 0 Å². The minimum Gasteiger partial charge on any atom is -0.375 e. The lowest BCUT2D eigenvalue weighted by Crippen LogP contribution is -2.47. The van der Waals surface area contributed by atoms with E-state index < -0.39 is 17.5 Å². The molecule has 3 atom stereocenters. The fourth-order valence-electron chi connectivity index (χ4n) is 3.70. The summed E-state index contributed by atoms with van der Waals surface area (Å²) in [4.78, 5) is 14.6. The molecule has 1 saturated carbocycles. The summed E-state index contributed by atoms with van der Waals surface area (Å²) in [7, 11) is 0. The zero-order valence-electron chi connectivity index (χ0n) is 12.8. The Kier molecular flexibility index (Phi) is 3.81. The number of benzene rings is 1. The third-order valence-corrected chi connectivity index (χ3v) is 5.12. The van der Waals surface area contributed by atoms with Gasteiger partial charge in [0.15, 0.2) is 11.6 Å². The van der Waals surface area contributed by atoms with E-state index >= 15 is 0 Å². The number of morpholine rings is 1. The second-order valence-corrected chi connectivity index (χ2v) is 6.82. The zero-order valence-corrected chi connectivity index (χ0v) is 12.8. The van der Waals surface area contributed by atoms with E-state index in [4.69, 9.17) is 4.74 Å². The Morgan fingerprint density at radius 3 is 2.87 bits per heavy atom. The smallest absolute Gasteiger partial charge is 0.254 e. The number of carbonyl (C=O) groups is 1. The van der Waals surface area contributed by atoms with Gasteiger partial charge in [-0.15, -0.1) is 0 Å². The molecule has 1 aromatic carbocycles. The van der Waals surface area contributed by atoms with E-state index in [0.29, 0.717) is 24.7 Å². The third-order valence-electron chi connectivity index (χ3n) is 5.12. The molecule has 124 valence electrons. The summed E-state index contributed by atoms with van der Waals surface area (Å²) in [6, 6.07) is 3.93. The predicted molar refractivity (Wildman–Crippen MR) is 80.1 cm³/mol. The van der Waals surface area contributed by atoms with Crippen molar-refractivity contribution in [2.75, 3.05) is 19.7 Å². The van der Waals surface area contributed by atoms with Crippen molar-refractivity contribution in [1.82, 2.24) is 10.2 Å². The number of ether oxygens (including phenoxy) is 1. The predicted octanol–water partition coefficient (Wildman–Crippen LogP) is 1.95. The third kappa shape index (κ3) is 2.97. The van der Waals surface area contributed by atoms with Crippen LogP contribution in [0.3, 0.4) is 0 Å². The molecule has 0 radical (unpaired) electrons. The van der Waals surface area contributed by atoms with Crippen LogP contribution < -0.4 is 5.32 Å². The first-order chi connectivity index (χ1) is 11.1. The number of fused-ring (bicyclic) bond motifs is 1. The van der Waals surface area contributed by atoms with Crippen molar-refractivity contribution in [3.8, 4) is 0 Å². The Bertz CT molecular complexity index is 621. The van der Waals surface area contributed by atoms with E-state index in [2.05, 4.69) is 10.2 Å². The molecule has 6 heteroatoms. The Morgan fingerprint density at radius 1 is 1.26 bits per heavy atom. The molecule has 1 amide bonds. The monoisotopic (exact) mass is 322 g/mol. The van der Waals surface area contributed by atoms with E-state index in [1.807, 2.05) is 0 Å². The van der Waals surface area contributed by atoms with Crippen LogP contribution in [0.25, 0.3) is 0 Å². The van der Waals surface area contributed by atoms with E-state index in [1.165, 1.54) is 25.0 Å². The molecule has 2 heterocycles. The Labute approximate surface area is 133 Å². The van der Waals surface area contributed by atoms with Crippen molar-refractivity contribution in [2.45, 2.75) is 37.5 Å². The summed E-state index contributed by atoms with van der Waals surface area (Å²) in [5.74, 6) is -1.93. The van der Waals surface area contributed by atoms with Crippen molar-refractivity contribution < 1.29 is 18.3 Å². The highest BCUT2D eigenvalue weighted by Gasteiger charge is 2.42. The van der Waals surface area contributed by atoms with Crippen LogP contribution in [0.4, 0.5) is 8.78 Å². The van der Waals surface area contributed by atoms with Gasteiger partial charge in [-0.05, 0) is 37.3 Å². The van der Waals surface area contributed by atoms with Gasteiger partial charge in [0.1, 0.15) is 0 Å². The van der Waals surface area contributed by atoms with Gasteiger partial charge in [-0.25, -0.2) is 8.78 Å². The highest BCUT2D eigenvalue weighted by Crippen LogP contribution is 2.37.